The Morgan fingerprint density at radius 3 is 2.46 bits per heavy atom. The van der Waals surface area contributed by atoms with Crippen molar-refractivity contribution in [2.75, 3.05) is 0 Å². The number of benzene rings is 2. The van der Waals surface area contributed by atoms with Gasteiger partial charge in [-0.3, -0.25) is 15.6 Å². The van der Waals surface area contributed by atoms with E-state index in [0.717, 1.165) is 11.3 Å². The van der Waals surface area contributed by atoms with Crippen LogP contribution in [0.5, 0.6) is 0 Å². The number of rotatable bonds is 4. The van der Waals surface area contributed by atoms with Gasteiger partial charge in [0, 0.05) is 12.1 Å². The lowest BCUT2D eigenvalue weighted by Gasteiger charge is -2.12. The van der Waals surface area contributed by atoms with Crippen LogP contribution in [-0.4, -0.2) is 31.2 Å². The molecule has 0 fully saturated rings. The fourth-order valence-electron chi connectivity index (χ4n) is 2.06. The van der Waals surface area contributed by atoms with Gasteiger partial charge in [-0.05, 0) is 64.6 Å². The first kappa shape index (κ1) is 17.4. The predicted octanol–water partition coefficient (Wildman–Crippen LogP) is 1.11. The van der Waals surface area contributed by atoms with Crippen molar-refractivity contribution < 1.29 is 9.18 Å². The average molecular weight is 371 g/mol. The minimum Gasteiger partial charge on any atom is -0.357 e. The van der Waals surface area contributed by atoms with E-state index < -0.39 is 0 Å². The van der Waals surface area contributed by atoms with Crippen molar-refractivity contribution in [1.29, 1.82) is 0 Å². The average Bonchev–Trinajstić information content (AvgIpc) is 3.20. The number of halogens is 1. The molecule has 0 aliphatic heterocycles. The normalized spacial score (nSPS) is 10.2. The minimum atomic E-state index is -0.348. The minimum absolute atomic E-state index is 0.244. The highest BCUT2D eigenvalue weighted by atomic mass is 32.1. The Morgan fingerprint density at radius 1 is 1.08 bits per heavy atom. The number of carbonyl (C=O) groups is 1. The second-order valence-corrected chi connectivity index (χ2v) is 5.60. The van der Waals surface area contributed by atoms with Gasteiger partial charge in [0.2, 0.25) is 0 Å². The summed E-state index contributed by atoms with van der Waals surface area (Å²) in [6.07, 6.45) is 1.46. The Labute approximate surface area is 153 Å². The van der Waals surface area contributed by atoms with Crippen LogP contribution in [0.1, 0.15) is 15.9 Å². The van der Waals surface area contributed by atoms with E-state index in [0.29, 0.717) is 12.1 Å². The first-order chi connectivity index (χ1) is 12.6. The predicted molar refractivity (Wildman–Crippen MR) is 95.6 cm³/mol. The van der Waals surface area contributed by atoms with Gasteiger partial charge in [0.25, 0.3) is 5.91 Å². The van der Waals surface area contributed by atoms with Gasteiger partial charge in [0.1, 0.15) is 12.1 Å². The number of hydrogen-bond acceptors (Lipinski definition) is 5. The van der Waals surface area contributed by atoms with Crippen molar-refractivity contribution in [2.24, 2.45) is 0 Å². The van der Waals surface area contributed by atoms with Crippen LogP contribution in [0.3, 0.4) is 0 Å². The standard InChI is InChI=1S/C16H14FN7OS/c17-13-5-1-11(2-6-13)9-18-16(26)21-20-15(25)12-3-7-14(8-4-12)24-10-19-22-23-24/h1-8,10H,9H2,(H,20,25)(H2,18,21,26). The summed E-state index contributed by atoms with van der Waals surface area (Å²) in [5.41, 5.74) is 7.15. The second-order valence-electron chi connectivity index (χ2n) is 5.19. The highest BCUT2D eigenvalue weighted by molar-refractivity contribution is 7.80. The Bertz CT molecular complexity index is 882. The molecule has 0 aliphatic carbocycles. The molecule has 8 nitrogen and oxygen atoms in total. The summed E-state index contributed by atoms with van der Waals surface area (Å²) in [5.74, 6) is -0.646. The zero-order valence-corrected chi connectivity index (χ0v) is 14.2. The van der Waals surface area contributed by atoms with Crippen molar-refractivity contribution in [1.82, 2.24) is 36.4 Å². The molecule has 1 amide bonds. The number of nitrogens with zero attached hydrogens (tertiary/aromatic N) is 4. The molecule has 0 saturated heterocycles. The fraction of sp³-hybridized carbons (Fsp3) is 0.0625. The van der Waals surface area contributed by atoms with Gasteiger partial charge in [0.15, 0.2) is 5.11 Å². The summed E-state index contributed by atoms with van der Waals surface area (Å²) in [4.78, 5) is 12.1. The summed E-state index contributed by atoms with van der Waals surface area (Å²) >= 11 is 5.09. The van der Waals surface area contributed by atoms with Gasteiger partial charge in [-0.15, -0.1) is 5.10 Å². The molecule has 26 heavy (non-hydrogen) atoms. The number of thiocarbonyl (C=S) groups is 1. The second kappa shape index (κ2) is 8.12. The van der Waals surface area contributed by atoms with E-state index >= 15 is 0 Å². The maximum Gasteiger partial charge on any atom is 0.269 e. The van der Waals surface area contributed by atoms with Crippen LogP contribution >= 0.6 is 12.2 Å². The number of hydrogen-bond donors (Lipinski definition) is 3. The molecule has 0 aliphatic rings. The van der Waals surface area contributed by atoms with Gasteiger partial charge in [-0.1, -0.05) is 12.1 Å². The third-order valence-corrected chi connectivity index (χ3v) is 3.65. The molecule has 1 heterocycles. The zero-order chi connectivity index (χ0) is 18.4. The molecule has 0 bridgehead atoms. The summed E-state index contributed by atoms with van der Waals surface area (Å²) in [6, 6.07) is 12.8. The van der Waals surface area contributed by atoms with Gasteiger partial charge >= 0.3 is 0 Å². The maximum absolute atomic E-state index is 12.8. The number of nitrogens with one attached hydrogen (secondary N) is 3. The molecular formula is C16H14FN7OS. The zero-order valence-electron chi connectivity index (χ0n) is 13.4. The van der Waals surface area contributed by atoms with Gasteiger partial charge in [-0.2, -0.15) is 0 Å². The third kappa shape index (κ3) is 4.57. The summed E-state index contributed by atoms with van der Waals surface area (Å²) in [6.45, 7) is 0.405. The SMILES string of the molecule is O=C(NNC(=S)NCc1ccc(F)cc1)c1ccc(-n2cnnn2)cc1. The number of tetrazole rings is 1. The number of carbonyl (C=O) groups excluding carboxylic acids is 1. The maximum atomic E-state index is 12.8. The van der Waals surface area contributed by atoms with E-state index in [-0.39, 0.29) is 16.8 Å². The van der Waals surface area contributed by atoms with E-state index in [1.54, 1.807) is 36.4 Å². The van der Waals surface area contributed by atoms with E-state index in [1.807, 2.05) is 0 Å². The van der Waals surface area contributed by atoms with E-state index in [1.165, 1.54) is 23.1 Å². The number of amides is 1. The highest BCUT2D eigenvalue weighted by Crippen LogP contribution is 2.07. The molecule has 0 atom stereocenters. The van der Waals surface area contributed by atoms with Crippen LogP contribution in [0.25, 0.3) is 5.69 Å². The lowest BCUT2D eigenvalue weighted by molar-refractivity contribution is 0.0943. The van der Waals surface area contributed by atoms with Crippen molar-refractivity contribution in [3.63, 3.8) is 0 Å². The van der Waals surface area contributed by atoms with Crippen molar-refractivity contribution in [3.8, 4) is 5.69 Å². The molecule has 0 saturated carbocycles. The first-order valence-electron chi connectivity index (χ1n) is 7.54. The van der Waals surface area contributed by atoms with Crippen LogP contribution in [0, 0.1) is 5.82 Å². The largest absolute Gasteiger partial charge is 0.357 e. The van der Waals surface area contributed by atoms with Crippen LogP contribution in [0.15, 0.2) is 54.9 Å². The molecule has 10 heteroatoms. The van der Waals surface area contributed by atoms with Crippen LogP contribution in [0.4, 0.5) is 4.39 Å². The van der Waals surface area contributed by atoms with Crippen molar-refractivity contribution >= 4 is 23.2 Å². The van der Waals surface area contributed by atoms with Crippen LogP contribution in [-0.2, 0) is 6.54 Å². The van der Waals surface area contributed by atoms with E-state index in [4.69, 9.17) is 12.2 Å². The van der Waals surface area contributed by atoms with Crippen molar-refractivity contribution in [2.45, 2.75) is 6.54 Å². The third-order valence-electron chi connectivity index (χ3n) is 3.40. The molecule has 0 unspecified atom stereocenters. The van der Waals surface area contributed by atoms with Crippen LogP contribution < -0.4 is 16.2 Å². The smallest absolute Gasteiger partial charge is 0.269 e. The molecule has 132 valence electrons. The first-order valence-corrected chi connectivity index (χ1v) is 7.95. The Morgan fingerprint density at radius 2 is 1.81 bits per heavy atom. The summed E-state index contributed by atoms with van der Waals surface area (Å²) in [7, 11) is 0. The monoisotopic (exact) mass is 371 g/mol. The van der Waals surface area contributed by atoms with Crippen molar-refractivity contribution in [3.05, 3.63) is 71.8 Å². The lowest BCUT2D eigenvalue weighted by Crippen LogP contribution is -2.46. The quantitative estimate of drug-likeness (QED) is 0.467. The van der Waals surface area contributed by atoms with Crippen LogP contribution in [0.2, 0.25) is 0 Å². The molecule has 3 rings (SSSR count). The Balaban J connectivity index is 1.47. The van der Waals surface area contributed by atoms with E-state index in [9.17, 15) is 9.18 Å². The number of hydrazine groups is 1. The number of aromatic nitrogens is 4. The summed E-state index contributed by atoms with van der Waals surface area (Å²) in [5, 5.41) is 14.0. The van der Waals surface area contributed by atoms with Gasteiger partial charge < -0.3 is 5.32 Å². The molecule has 0 radical (unpaired) electrons. The topological polar surface area (TPSA) is 96.8 Å². The lowest BCUT2D eigenvalue weighted by atomic mass is 10.2. The molecular weight excluding hydrogens is 357 g/mol. The Hall–Kier alpha value is -3.40. The van der Waals surface area contributed by atoms with E-state index in [2.05, 4.69) is 31.7 Å². The summed E-state index contributed by atoms with van der Waals surface area (Å²) < 4.78 is 14.3. The molecule has 3 aromatic rings. The molecule has 1 aromatic heterocycles. The molecule has 0 spiro atoms. The highest BCUT2D eigenvalue weighted by Gasteiger charge is 2.07. The molecule has 3 N–H and O–H groups in total. The fourth-order valence-corrected chi connectivity index (χ4v) is 2.18. The molecule has 2 aromatic carbocycles. The Kier molecular flexibility index (Phi) is 5.44. The van der Waals surface area contributed by atoms with Gasteiger partial charge in [0.05, 0.1) is 5.69 Å². The van der Waals surface area contributed by atoms with Gasteiger partial charge in [-0.25, -0.2) is 9.07 Å².